The molecule has 0 saturated carbocycles. The van der Waals surface area contributed by atoms with Crippen molar-refractivity contribution in [1.82, 2.24) is 10.2 Å². The average molecular weight is 290 g/mol. The molecule has 1 aromatic carbocycles. The third-order valence-electron chi connectivity index (χ3n) is 3.80. The molecule has 21 heavy (non-hydrogen) atoms. The van der Waals surface area contributed by atoms with Gasteiger partial charge in [0.15, 0.2) is 11.3 Å². The molecule has 1 heterocycles. The molecule has 0 spiro atoms. The molecule has 0 atom stereocenters. The molecule has 4 nitrogen and oxygen atoms in total. The van der Waals surface area contributed by atoms with Crippen molar-refractivity contribution in [3.8, 4) is 5.75 Å². The SMILES string of the molecule is CCN(CC)CCCNCc1cc2cccc(OC)c2o1. The van der Waals surface area contributed by atoms with Gasteiger partial charge in [0.05, 0.1) is 13.7 Å². The maximum Gasteiger partial charge on any atom is 0.176 e. The number of hydrogen-bond acceptors (Lipinski definition) is 4. The molecule has 0 saturated heterocycles. The number of fused-ring (bicyclic) bond motifs is 1. The van der Waals surface area contributed by atoms with Crippen LogP contribution in [0.25, 0.3) is 11.0 Å². The zero-order valence-electron chi connectivity index (χ0n) is 13.3. The van der Waals surface area contributed by atoms with Gasteiger partial charge in [-0.15, -0.1) is 0 Å². The van der Waals surface area contributed by atoms with Crippen molar-refractivity contribution in [3.63, 3.8) is 0 Å². The topological polar surface area (TPSA) is 37.6 Å². The molecule has 0 aliphatic heterocycles. The highest BCUT2D eigenvalue weighted by atomic mass is 16.5. The Labute approximate surface area is 127 Å². The Balaban J connectivity index is 1.81. The third-order valence-corrected chi connectivity index (χ3v) is 3.80. The van der Waals surface area contributed by atoms with E-state index in [0.717, 1.165) is 61.6 Å². The predicted molar refractivity (Wildman–Crippen MR) is 86.9 cm³/mol. The lowest BCUT2D eigenvalue weighted by Crippen LogP contribution is -2.27. The van der Waals surface area contributed by atoms with Gasteiger partial charge in [-0.1, -0.05) is 26.0 Å². The van der Waals surface area contributed by atoms with Crippen LogP contribution in [0, 0.1) is 0 Å². The number of para-hydroxylation sites is 1. The summed E-state index contributed by atoms with van der Waals surface area (Å²) in [5, 5.41) is 4.53. The molecule has 0 amide bonds. The van der Waals surface area contributed by atoms with Crippen LogP contribution in [0.4, 0.5) is 0 Å². The summed E-state index contributed by atoms with van der Waals surface area (Å²) in [6.45, 7) is 9.58. The Hall–Kier alpha value is -1.52. The second-order valence-corrected chi connectivity index (χ2v) is 5.15. The molecule has 4 heteroatoms. The monoisotopic (exact) mass is 290 g/mol. The Morgan fingerprint density at radius 2 is 2.05 bits per heavy atom. The number of furan rings is 1. The summed E-state index contributed by atoms with van der Waals surface area (Å²) in [6.07, 6.45) is 1.16. The van der Waals surface area contributed by atoms with Crippen molar-refractivity contribution in [2.24, 2.45) is 0 Å². The highest BCUT2D eigenvalue weighted by Crippen LogP contribution is 2.28. The lowest BCUT2D eigenvalue weighted by Gasteiger charge is -2.17. The largest absolute Gasteiger partial charge is 0.493 e. The van der Waals surface area contributed by atoms with E-state index in [1.807, 2.05) is 18.2 Å². The Morgan fingerprint density at radius 3 is 2.76 bits per heavy atom. The van der Waals surface area contributed by atoms with E-state index in [0.29, 0.717) is 0 Å². The van der Waals surface area contributed by atoms with Crippen molar-refractivity contribution in [2.75, 3.05) is 33.3 Å². The van der Waals surface area contributed by atoms with Gasteiger partial charge in [-0.3, -0.25) is 0 Å². The predicted octanol–water partition coefficient (Wildman–Crippen LogP) is 3.26. The molecule has 0 fully saturated rings. The van der Waals surface area contributed by atoms with Crippen molar-refractivity contribution < 1.29 is 9.15 Å². The third kappa shape index (κ3) is 4.22. The minimum atomic E-state index is 0.760. The first-order chi connectivity index (χ1) is 10.3. The molecule has 0 unspecified atom stereocenters. The van der Waals surface area contributed by atoms with Gasteiger partial charge in [-0.2, -0.15) is 0 Å². The number of nitrogens with zero attached hydrogens (tertiary/aromatic N) is 1. The lowest BCUT2D eigenvalue weighted by molar-refractivity contribution is 0.297. The highest BCUT2D eigenvalue weighted by Gasteiger charge is 2.08. The zero-order valence-corrected chi connectivity index (χ0v) is 13.3. The normalized spacial score (nSPS) is 11.4. The molecule has 0 aliphatic rings. The zero-order chi connectivity index (χ0) is 15.1. The minimum absolute atomic E-state index is 0.760. The number of benzene rings is 1. The molecule has 2 aromatic rings. The molecular weight excluding hydrogens is 264 g/mol. The number of methoxy groups -OCH3 is 1. The highest BCUT2D eigenvalue weighted by molar-refractivity contribution is 5.83. The second kappa shape index (κ2) is 8.05. The summed E-state index contributed by atoms with van der Waals surface area (Å²) in [5.74, 6) is 1.75. The lowest BCUT2D eigenvalue weighted by atomic mass is 10.2. The molecule has 1 aromatic heterocycles. The molecule has 0 bridgehead atoms. The van der Waals surface area contributed by atoms with Crippen LogP contribution in [0.5, 0.6) is 5.75 Å². The van der Waals surface area contributed by atoms with Crippen molar-refractivity contribution in [2.45, 2.75) is 26.8 Å². The fourth-order valence-electron chi connectivity index (χ4n) is 2.52. The van der Waals surface area contributed by atoms with E-state index in [9.17, 15) is 0 Å². The molecule has 116 valence electrons. The van der Waals surface area contributed by atoms with E-state index in [-0.39, 0.29) is 0 Å². The van der Waals surface area contributed by atoms with Crippen LogP contribution >= 0.6 is 0 Å². The quantitative estimate of drug-likeness (QED) is 0.719. The van der Waals surface area contributed by atoms with E-state index in [2.05, 4.69) is 30.1 Å². The van der Waals surface area contributed by atoms with Crippen LogP contribution in [0.2, 0.25) is 0 Å². The Kier molecular flexibility index (Phi) is 6.08. The van der Waals surface area contributed by atoms with E-state index in [4.69, 9.17) is 9.15 Å². The summed E-state index contributed by atoms with van der Waals surface area (Å²) in [7, 11) is 1.67. The summed E-state index contributed by atoms with van der Waals surface area (Å²) < 4.78 is 11.2. The van der Waals surface area contributed by atoms with E-state index < -0.39 is 0 Å². The van der Waals surface area contributed by atoms with E-state index >= 15 is 0 Å². The second-order valence-electron chi connectivity index (χ2n) is 5.15. The first-order valence-electron chi connectivity index (χ1n) is 7.77. The number of hydrogen-bond donors (Lipinski definition) is 1. The minimum Gasteiger partial charge on any atom is -0.493 e. The standard InChI is InChI=1S/C17H26N2O2/c1-4-19(5-2)11-7-10-18-13-15-12-14-8-6-9-16(20-3)17(14)21-15/h6,8-9,12,18H,4-5,7,10-11,13H2,1-3H3. The summed E-state index contributed by atoms with van der Waals surface area (Å²) in [4.78, 5) is 2.44. The molecule has 1 N–H and O–H groups in total. The van der Waals surface area contributed by atoms with Crippen molar-refractivity contribution in [3.05, 3.63) is 30.0 Å². The fourth-order valence-corrected chi connectivity index (χ4v) is 2.52. The number of ether oxygens (including phenoxy) is 1. The van der Waals surface area contributed by atoms with E-state index in [1.165, 1.54) is 0 Å². The van der Waals surface area contributed by atoms with Crippen molar-refractivity contribution >= 4 is 11.0 Å². The molecule has 2 rings (SSSR count). The van der Waals surface area contributed by atoms with Gasteiger partial charge in [0.25, 0.3) is 0 Å². The number of nitrogens with one attached hydrogen (secondary N) is 1. The summed E-state index contributed by atoms with van der Waals surface area (Å²) in [6, 6.07) is 8.03. The van der Waals surface area contributed by atoms with Gasteiger partial charge >= 0.3 is 0 Å². The van der Waals surface area contributed by atoms with Gasteiger partial charge in [-0.05, 0) is 44.7 Å². The first-order valence-corrected chi connectivity index (χ1v) is 7.77. The molecule has 0 radical (unpaired) electrons. The molecular formula is C17H26N2O2. The average Bonchev–Trinajstić information content (AvgIpc) is 2.93. The van der Waals surface area contributed by atoms with Gasteiger partial charge in [0.2, 0.25) is 0 Å². The summed E-state index contributed by atoms with van der Waals surface area (Å²) in [5.41, 5.74) is 0.833. The number of rotatable bonds is 9. The van der Waals surface area contributed by atoms with Crippen LogP contribution in [-0.4, -0.2) is 38.2 Å². The van der Waals surface area contributed by atoms with Gasteiger partial charge in [-0.25, -0.2) is 0 Å². The van der Waals surface area contributed by atoms with Crippen LogP contribution in [0.15, 0.2) is 28.7 Å². The smallest absolute Gasteiger partial charge is 0.176 e. The van der Waals surface area contributed by atoms with Crippen LogP contribution < -0.4 is 10.1 Å². The Morgan fingerprint density at radius 1 is 1.24 bits per heavy atom. The van der Waals surface area contributed by atoms with Crippen LogP contribution in [0.3, 0.4) is 0 Å². The van der Waals surface area contributed by atoms with E-state index in [1.54, 1.807) is 7.11 Å². The fraction of sp³-hybridized carbons (Fsp3) is 0.529. The first kappa shape index (κ1) is 15.9. The van der Waals surface area contributed by atoms with Gasteiger partial charge in [0.1, 0.15) is 5.76 Å². The van der Waals surface area contributed by atoms with Gasteiger partial charge in [0, 0.05) is 5.39 Å². The molecule has 0 aliphatic carbocycles. The van der Waals surface area contributed by atoms with Crippen LogP contribution in [0.1, 0.15) is 26.0 Å². The summed E-state index contributed by atoms with van der Waals surface area (Å²) >= 11 is 0. The van der Waals surface area contributed by atoms with Crippen LogP contribution in [-0.2, 0) is 6.54 Å². The van der Waals surface area contributed by atoms with Gasteiger partial charge < -0.3 is 19.4 Å². The maximum atomic E-state index is 5.86. The maximum absolute atomic E-state index is 5.86. The van der Waals surface area contributed by atoms with Crippen molar-refractivity contribution in [1.29, 1.82) is 0 Å². The Bertz CT molecular complexity index is 547.